The van der Waals surface area contributed by atoms with E-state index >= 15 is 0 Å². The Morgan fingerprint density at radius 3 is 2.47 bits per heavy atom. The van der Waals surface area contributed by atoms with Gasteiger partial charge in [-0.2, -0.15) is 0 Å². The molecule has 0 bridgehead atoms. The number of nitrogens with one attached hydrogen (secondary N) is 1. The predicted octanol–water partition coefficient (Wildman–Crippen LogP) is 2.53. The minimum Gasteiger partial charge on any atom is -0.399 e. The van der Waals surface area contributed by atoms with Crippen LogP contribution >= 0.6 is 0 Å². The number of anilines is 2. The zero-order valence-electron chi connectivity index (χ0n) is 9.89. The van der Waals surface area contributed by atoms with Crippen molar-refractivity contribution in [3.05, 3.63) is 23.8 Å². The highest BCUT2D eigenvalue weighted by Gasteiger charge is 2.38. The van der Waals surface area contributed by atoms with Gasteiger partial charge in [-0.15, -0.1) is 0 Å². The second-order valence-corrected chi connectivity index (χ2v) is 4.67. The SMILES string of the molecule is CC1OCCC1(C)Nc1c(F)cc(N)cc1F. The number of nitrogen functional groups attached to an aromatic ring is 1. The molecular formula is C12H16F2N2O. The van der Waals surface area contributed by atoms with E-state index in [-0.39, 0.29) is 17.5 Å². The second-order valence-electron chi connectivity index (χ2n) is 4.67. The lowest BCUT2D eigenvalue weighted by Gasteiger charge is -2.30. The molecule has 1 aromatic rings. The molecule has 0 spiro atoms. The van der Waals surface area contributed by atoms with E-state index in [1.807, 2.05) is 13.8 Å². The molecule has 1 aliphatic rings. The molecule has 2 unspecified atom stereocenters. The molecule has 0 radical (unpaired) electrons. The van der Waals surface area contributed by atoms with Crippen LogP contribution in [-0.2, 0) is 4.74 Å². The van der Waals surface area contributed by atoms with Crippen molar-refractivity contribution in [2.45, 2.75) is 31.9 Å². The molecule has 0 aliphatic carbocycles. The van der Waals surface area contributed by atoms with E-state index in [1.54, 1.807) is 0 Å². The van der Waals surface area contributed by atoms with Gasteiger partial charge >= 0.3 is 0 Å². The lowest BCUT2D eigenvalue weighted by molar-refractivity contribution is 0.105. The highest BCUT2D eigenvalue weighted by atomic mass is 19.1. The third kappa shape index (κ3) is 2.20. The average Bonchev–Trinajstić information content (AvgIpc) is 2.54. The number of halogens is 2. The van der Waals surface area contributed by atoms with Crippen molar-refractivity contribution in [1.82, 2.24) is 0 Å². The maximum absolute atomic E-state index is 13.6. The van der Waals surface area contributed by atoms with Crippen LogP contribution in [0.4, 0.5) is 20.2 Å². The molecule has 0 aromatic heterocycles. The maximum Gasteiger partial charge on any atom is 0.151 e. The van der Waals surface area contributed by atoms with Crippen molar-refractivity contribution < 1.29 is 13.5 Å². The molecule has 3 N–H and O–H groups in total. The van der Waals surface area contributed by atoms with Gasteiger partial charge in [0.15, 0.2) is 11.6 Å². The fourth-order valence-corrected chi connectivity index (χ4v) is 2.00. The van der Waals surface area contributed by atoms with Crippen molar-refractivity contribution in [3.8, 4) is 0 Å². The van der Waals surface area contributed by atoms with E-state index in [0.717, 1.165) is 12.1 Å². The lowest BCUT2D eigenvalue weighted by atomic mass is 9.94. The largest absolute Gasteiger partial charge is 0.399 e. The van der Waals surface area contributed by atoms with Gasteiger partial charge < -0.3 is 15.8 Å². The predicted molar refractivity (Wildman–Crippen MR) is 62.8 cm³/mol. The fraction of sp³-hybridized carbons (Fsp3) is 0.500. The number of hydrogen-bond acceptors (Lipinski definition) is 3. The summed E-state index contributed by atoms with van der Waals surface area (Å²) in [5, 5.41) is 2.90. The Hall–Kier alpha value is -1.36. The van der Waals surface area contributed by atoms with Gasteiger partial charge in [-0.3, -0.25) is 0 Å². The van der Waals surface area contributed by atoms with Crippen molar-refractivity contribution in [1.29, 1.82) is 0 Å². The van der Waals surface area contributed by atoms with Gasteiger partial charge in [0.05, 0.1) is 11.6 Å². The van der Waals surface area contributed by atoms with Crippen LogP contribution in [0, 0.1) is 11.6 Å². The van der Waals surface area contributed by atoms with Gasteiger partial charge in [0.1, 0.15) is 5.69 Å². The van der Waals surface area contributed by atoms with Gasteiger partial charge in [-0.05, 0) is 32.4 Å². The number of ether oxygens (including phenoxy) is 1. The normalized spacial score (nSPS) is 28.4. The molecule has 1 heterocycles. The van der Waals surface area contributed by atoms with Gasteiger partial charge in [-0.25, -0.2) is 8.78 Å². The highest BCUT2D eigenvalue weighted by Crippen LogP contribution is 2.32. The standard InChI is InChI=1S/C12H16F2N2O/c1-7-12(2,3-4-17-7)16-11-9(13)5-8(15)6-10(11)14/h5-7,16H,3-4,15H2,1-2H3. The molecule has 2 rings (SSSR count). The summed E-state index contributed by atoms with van der Waals surface area (Å²) in [4.78, 5) is 0. The van der Waals surface area contributed by atoms with E-state index in [2.05, 4.69) is 5.32 Å². The molecule has 1 aliphatic heterocycles. The van der Waals surface area contributed by atoms with Crippen molar-refractivity contribution in [2.24, 2.45) is 0 Å². The zero-order chi connectivity index (χ0) is 12.6. The molecule has 0 amide bonds. The lowest BCUT2D eigenvalue weighted by Crippen LogP contribution is -2.41. The quantitative estimate of drug-likeness (QED) is 0.783. The molecular weight excluding hydrogens is 226 g/mol. The number of benzene rings is 1. The van der Waals surface area contributed by atoms with Crippen molar-refractivity contribution >= 4 is 11.4 Å². The maximum atomic E-state index is 13.6. The van der Waals surface area contributed by atoms with E-state index in [0.29, 0.717) is 13.0 Å². The fourth-order valence-electron chi connectivity index (χ4n) is 2.00. The molecule has 1 fully saturated rings. The molecule has 0 saturated carbocycles. The summed E-state index contributed by atoms with van der Waals surface area (Å²) in [5.74, 6) is -1.36. The van der Waals surface area contributed by atoms with Crippen LogP contribution < -0.4 is 11.1 Å². The van der Waals surface area contributed by atoms with Crippen LogP contribution in [0.1, 0.15) is 20.3 Å². The monoisotopic (exact) mass is 242 g/mol. The summed E-state index contributed by atoms with van der Waals surface area (Å²) in [6.07, 6.45) is 0.607. The van der Waals surface area contributed by atoms with Crippen LogP contribution in [0.15, 0.2) is 12.1 Å². The van der Waals surface area contributed by atoms with Gasteiger partial charge in [0.2, 0.25) is 0 Å². The van der Waals surface area contributed by atoms with E-state index in [4.69, 9.17) is 10.5 Å². The van der Waals surface area contributed by atoms with Crippen molar-refractivity contribution in [2.75, 3.05) is 17.7 Å². The van der Waals surface area contributed by atoms with Gasteiger partial charge in [0.25, 0.3) is 0 Å². The summed E-state index contributed by atoms with van der Waals surface area (Å²) in [6.45, 7) is 4.36. The minimum atomic E-state index is -0.678. The van der Waals surface area contributed by atoms with Crippen LogP contribution in [0.2, 0.25) is 0 Å². The number of hydrogen-bond donors (Lipinski definition) is 2. The Labute approximate surface area is 98.9 Å². The Balaban J connectivity index is 2.30. The Bertz CT molecular complexity index is 416. The summed E-state index contributed by atoms with van der Waals surface area (Å²) in [6, 6.07) is 2.21. The van der Waals surface area contributed by atoms with Crippen LogP contribution in [0.5, 0.6) is 0 Å². The number of nitrogens with two attached hydrogens (primary N) is 1. The zero-order valence-corrected chi connectivity index (χ0v) is 9.89. The van der Waals surface area contributed by atoms with Crippen LogP contribution in [0.25, 0.3) is 0 Å². The van der Waals surface area contributed by atoms with Crippen molar-refractivity contribution in [3.63, 3.8) is 0 Å². The number of rotatable bonds is 2. The Morgan fingerprint density at radius 2 is 2.00 bits per heavy atom. The van der Waals surface area contributed by atoms with Crippen LogP contribution in [0.3, 0.4) is 0 Å². The second kappa shape index (κ2) is 4.14. The molecule has 3 nitrogen and oxygen atoms in total. The summed E-state index contributed by atoms with van der Waals surface area (Å²) < 4.78 is 32.7. The summed E-state index contributed by atoms with van der Waals surface area (Å²) in [7, 11) is 0. The Kier molecular flexibility index (Phi) is 2.95. The smallest absolute Gasteiger partial charge is 0.151 e. The van der Waals surface area contributed by atoms with Gasteiger partial charge in [-0.1, -0.05) is 0 Å². The Morgan fingerprint density at radius 1 is 1.41 bits per heavy atom. The summed E-state index contributed by atoms with van der Waals surface area (Å²) in [5.41, 5.74) is 4.84. The third-order valence-electron chi connectivity index (χ3n) is 3.36. The molecule has 94 valence electrons. The summed E-state index contributed by atoms with van der Waals surface area (Å²) >= 11 is 0. The third-order valence-corrected chi connectivity index (χ3v) is 3.36. The van der Waals surface area contributed by atoms with E-state index < -0.39 is 17.2 Å². The minimum absolute atomic E-state index is 0.0754. The molecule has 1 saturated heterocycles. The topological polar surface area (TPSA) is 47.3 Å². The van der Waals surface area contributed by atoms with Crippen LogP contribution in [-0.4, -0.2) is 18.2 Å². The molecule has 1 aromatic carbocycles. The first-order chi connectivity index (χ1) is 7.92. The average molecular weight is 242 g/mol. The molecule has 5 heteroatoms. The molecule has 17 heavy (non-hydrogen) atoms. The molecule has 2 atom stereocenters. The van der Waals surface area contributed by atoms with E-state index in [9.17, 15) is 8.78 Å². The van der Waals surface area contributed by atoms with E-state index in [1.165, 1.54) is 0 Å². The highest BCUT2D eigenvalue weighted by molar-refractivity contribution is 5.55. The first kappa shape index (κ1) is 12.1. The van der Waals surface area contributed by atoms with Gasteiger partial charge in [0, 0.05) is 12.3 Å². The first-order valence-electron chi connectivity index (χ1n) is 5.57. The first-order valence-corrected chi connectivity index (χ1v) is 5.57.